The first kappa shape index (κ1) is 14.9. The highest BCUT2D eigenvalue weighted by Crippen LogP contribution is 2.54. The second-order valence-electron chi connectivity index (χ2n) is 5.75. The Labute approximate surface area is 135 Å². The van der Waals surface area contributed by atoms with Crippen molar-refractivity contribution in [3.05, 3.63) is 53.7 Å². The van der Waals surface area contributed by atoms with Crippen LogP contribution in [-0.2, 0) is 6.54 Å². The van der Waals surface area contributed by atoms with Crippen molar-refractivity contribution in [2.75, 3.05) is 6.67 Å². The molecule has 1 aromatic carbocycles. The molecule has 0 amide bonds. The summed E-state index contributed by atoms with van der Waals surface area (Å²) in [7, 11) is 0. The quantitative estimate of drug-likeness (QED) is 0.717. The summed E-state index contributed by atoms with van der Waals surface area (Å²) in [5, 5.41) is 7.90. The number of hydrogen-bond acceptors (Lipinski definition) is 4. The molecule has 0 N–H and O–H groups in total. The fraction of sp³-hybridized carbons (Fsp3) is 0.312. The van der Waals surface area contributed by atoms with Gasteiger partial charge in [0.05, 0.1) is 18.3 Å². The maximum Gasteiger partial charge on any atom is 0.230 e. The molecule has 0 radical (unpaired) electrons. The molecule has 2 atom stereocenters. The highest BCUT2D eigenvalue weighted by Gasteiger charge is 2.45. The van der Waals surface area contributed by atoms with Crippen LogP contribution in [0.5, 0.6) is 0 Å². The van der Waals surface area contributed by atoms with E-state index in [1.54, 1.807) is 6.20 Å². The van der Waals surface area contributed by atoms with Crippen LogP contribution in [-0.4, -0.2) is 26.6 Å². The van der Waals surface area contributed by atoms with E-state index in [0.717, 1.165) is 6.07 Å². The highest BCUT2D eigenvalue weighted by molar-refractivity contribution is 5.51. The summed E-state index contributed by atoms with van der Waals surface area (Å²) in [6, 6.07) is 3.57. The Morgan fingerprint density at radius 1 is 1.25 bits per heavy atom. The summed E-state index contributed by atoms with van der Waals surface area (Å²) in [4.78, 5) is 4.32. The molecular formula is C16H13F3N4O. The first-order valence-corrected chi connectivity index (χ1v) is 7.53. The molecule has 0 saturated heterocycles. The summed E-state index contributed by atoms with van der Waals surface area (Å²) in [6.07, 6.45) is 3.85. The third-order valence-electron chi connectivity index (χ3n) is 4.12. The van der Waals surface area contributed by atoms with E-state index in [4.69, 9.17) is 4.52 Å². The molecule has 1 saturated carbocycles. The molecule has 3 aromatic rings. The van der Waals surface area contributed by atoms with Gasteiger partial charge in [0.25, 0.3) is 0 Å². The minimum atomic E-state index is -0.598. The van der Waals surface area contributed by atoms with Gasteiger partial charge in [-0.1, -0.05) is 11.2 Å². The van der Waals surface area contributed by atoms with Crippen molar-refractivity contribution >= 4 is 0 Å². The second-order valence-corrected chi connectivity index (χ2v) is 5.75. The zero-order valence-electron chi connectivity index (χ0n) is 12.5. The normalized spacial score (nSPS) is 19.6. The lowest BCUT2D eigenvalue weighted by Crippen LogP contribution is -1.98. The Balaban J connectivity index is 1.51. The molecule has 24 heavy (non-hydrogen) atoms. The van der Waals surface area contributed by atoms with Crippen LogP contribution in [0, 0.1) is 11.6 Å². The SMILES string of the molecule is FCCn1cc(-c2noc([C@H]3C[C@@H]3c3ccc(F)cc3F)n2)cn1. The van der Waals surface area contributed by atoms with Gasteiger partial charge in [-0.25, -0.2) is 13.2 Å². The molecule has 0 spiro atoms. The van der Waals surface area contributed by atoms with Crippen molar-refractivity contribution in [2.24, 2.45) is 0 Å². The van der Waals surface area contributed by atoms with Gasteiger partial charge in [-0.15, -0.1) is 0 Å². The van der Waals surface area contributed by atoms with Crippen molar-refractivity contribution in [2.45, 2.75) is 24.8 Å². The molecule has 4 rings (SSSR count). The maximum atomic E-state index is 13.8. The van der Waals surface area contributed by atoms with Gasteiger partial charge < -0.3 is 4.52 Å². The lowest BCUT2D eigenvalue weighted by Gasteiger charge is -2.00. The van der Waals surface area contributed by atoms with E-state index in [-0.39, 0.29) is 18.4 Å². The van der Waals surface area contributed by atoms with Gasteiger partial charge in [0.2, 0.25) is 11.7 Å². The fourth-order valence-corrected chi connectivity index (χ4v) is 2.80. The van der Waals surface area contributed by atoms with Gasteiger partial charge >= 0.3 is 0 Å². The number of benzene rings is 1. The van der Waals surface area contributed by atoms with Crippen molar-refractivity contribution in [1.29, 1.82) is 0 Å². The summed E-state index contributed by atoms with van der Waals surface area (Å²) >= 11 is 0. The van der Waals surface area contributed by atoms with Crippen LogP contribution < -0.4 is 0 Å². The Hall–Kier alpha value is -2.64. The average Bonchev–Trinajstić information content (AvgIpc) is 2.97. The van der Waals surface area contributed by atoms with Crippen molar-refractivity contribution < 1.29 is 17.7 Å². The van der Waals surface area contributed by atoms with Crippen LogP contribution in [0.25, 0.3) is 11.4 Å². The molecule has 1 aliphatic carbocycles. The number of rotatable bonds is 5. The van der Waals surface area contributed by atoms with Crippen LogP contribution in [0.4, 0.5) is 13.2 Å². The first-order chi connectivity index (χ1) is 11.7. The standard InChI is InChI=1S/C16H13F3N4O/c17-3-4-23-8-9(7-20-23)15-21-16(24-22-15)13-6-12(13)11-2-1-10(18)5-14(11)19/h1-2,5,7-8,12-13H,3-4,6H2/t12-,13+/m1/s1. The predicted molar refractivity (Wildman–Crippen MR) is 78.0 cm³/mol. The third kappa shape index (κ3) is 2.68. The third-order valence-corrected chi connectivity index (χ3v) is 4.12. The Morgan fingerprint density at radius 3 is 2.92 bits per heavy atom. The van der Waals surface area contributed by atoms with Crippen LogP contribution in [0.3, 0.4) is 0 Å². The Morgan fingerprint density at radius 2 is 2.12 bits per heavy atom. The average molecular weight is 334 g/mol. The number of nitrogens with zero attached hydrogens (tertiary/aromatic N) is 4. The lowest BCUT2D eigenvalue weighted by molar-refractivity contribution is 0.378. The summed E-state index contributed by atoms with van der Waals surface area (Å²) in [5.41, 5.74) is 1.08. The van der Waals surface area contributed by atoms with Crippen molar-refractivity contribution in [3.8, 4) is 11.4 Å². The predicted octanol–water partition coefficient (Wildman–Crippen LogP) is 3.45. The van der Waals surface area contributed by atoms with E-state index < -0.39 is 18.3 Å². The molecule has 0 bridgehead atoms. The molecule has 5 nitrogen and oxygen atoms in total. The van der Waals surface area contributed by atoms with E-state index in [2.05, 4.69) is 15.2 Å². The lowest BCUT2D eigenvalue weighted by atomic mass is 10.1. The Kier molecular flexibility index (Phi) is 3.59. The first-order valence-electron chi connectivity index (χ1n) is 7.53. The monoisotopic (exact) mass is 334 g/mol. The largest absolute Gasteiger partial charge is 0.339 e. The summed E-state index contributed by atoms with van der Waals surface area (Å²) in [5.74, 6) is -0.550. The Bertz CT molecular complexity index is 876. The van der Waals surface area contributed by atoms with Crippen LogP contribution in [0.2, 0.25) is 0 Å². The molecule has 8 heteroatoms. The molecular weight excluding hydrogens is 321 g/mol. The van der Waals surface area contributed by atoms with E-state index in [1.807, 2.05) is 0 Å². The zero-order valence-corrected chi connectivity index (χ0v) is 12.5. The zero-order chi connectivity index (χ0) is 16.7. The highest BCUT2D eigenvalue weighted by atomic mass is 19.1. The topological polar surface area (TPSA) is 56.7 Å². The van der Waals surface area contributed by atoms with Gasteiger partial charge in [0.1, 0.15) is 18.3 Å². The van der Waals surface area contributed by atoms with Gasteiger partial charge in [-0.2, -0.15) is 10.1 Å². The molecule has 1 aliphatic rings. The number of hydrogen-bond donors (Lipinski definition) is 0. The smallest absolute Gasteiger partial charge is 0.230 e. The summed E-state index contributed by atoms with van der Waals surface area (Å²) < 4.78 is 45.8. The van der Waals surface area contributed by atoms with E-state index in [0.29, 0.717) is 29.3 Å². The number of aryl methyl sites for hydroxylation is 1. The molecule has 0 aliphatic heterocycles. The number of halogens is 3. The van der Waals surface area contributed by atoms with E-state index in [1.165, 1.54) is 23.0 Å². The van der Waals surface area contributed by atoms with Crippen LogP contribution in [0.1, 0.15) is 29.7 Å². The second kappa shape index (κ2) is 5.77. The molecule has 2 aromatic heterocycles. The van der Waals surface area contributed by atoms with E-state index in [9.17, 15) is 13.2 Å². The minimum Gasteiger partial charge on any atom is -0.339 e. The van der Waals surface area contributed by atoms with Gasteiger partial charge in [-0.3, -0.25) is 4.68 Å². The van der Waals surface area contributed by atoms with Gasteiger partial charge in [0.15, 0.2) is 0 Å². The number of aromatic nitrogens is 4. The molecule has 2 heterocycles. The van der Waals surface area contributed by atoms with Gasteiger partial charge in [0, 0.05) is 18.2 Å². The fourth-order valence-electron chi connectivity index (χ4n) is 2.80. The van der Waals surface area contributed by atoms with Crippen molar-refractivity contribution in [3.63, 3.8) is 0 Å². The number of alkyl halides is 1. The molecule has 1 fully saturated rings. The van der Waals surface area contributed by atoms with Crippen molar-refractivity contribution in [1.82, 2.24) is 19.9 Å². The maximum absolute atomic E-state index is 13.8. The molecule has 0 unspecified atom stereocenters. The minimum absolute atomic E-state index is 0.0768. The molecule has 124 valence electrons. The van der Waals surface area contributed by atoms with Crippen LogP contribution >= 0.6 is 0 Å². The van der Waals surface area contributed by atoms with E-state index >= 15 is 0 Å². The summed E-state index contributed by atoms with van der Waals surface area (Å²) in [6.45, 7) is -0.342. The van der Waals surface area contributed by atoms with Gasteiger partial charge in [-0.05, 0) is 24.0 Å². The van der Waals surface area contributed by atoms with Crippen LogP contribution in [0.15, 0.2) is 35.1 Å².